The predicted octanol–water partition coefficient (Wildman–Crippen LogP) is 3.19. The highest BCUT2D eigenvalue weighted by Gasteiger charge is 2.17. The van der Waals surface area contributed by atoms with Crippen molar-refractivity contribution >= 4 is 29.2 Å². The Hall–Kier alpha value is -0.800. The third kappa shape index (κ3) is 3.65. The number of halogens is 3. The molecule has 0 saturated heterocycles. The molecule has 0 aliphatic heterocycles. The molecule has 0 aliphatic carbocycles. The minimum atomic E-state index is -0.776. The van der Waals surface area contributed by atoms with E-state index in [2.05, 4.69) is 0 Å². The Morgan fingerprint density at radius 1 is 1.56 bits per heavy atom. The molecule has 1 atom stereocenters. The van der Waals surface area contributed by atoms with E-state index in [4.69, 9.17) is 27.9 Å². The van der Waals surface area contributed by atoms with Crippen molar-refractivity contribution in [1.82, 2.24) is 0 Å². The Labute approximate surface area is 103 Å². The van der Waals surface area contributed by atoms with Gasteiger partial charge in [0.25, 0.3) is 0 Å². The van der Waals surface area contributed by atoms with Crippen molar-refractivity contribution < 1.29 is 13.9 Å². The van der Waals surface area contributed by atoms with E-state index in [0.29, 0.717) is 5.56 Å². The maximum absolute atomic E-state index is 12.9. The molecule has 1 rings (SSSR count). The number of ether oxygens (including phenoxy) is 1. The zero-order valence-electron chi connectivity index (χ0n) is 8.67. The van der Waals surface area contributed by atoms with Crippen molar-refractivity contribution in [2.75, 3.05) is 6.61 Å². The van der Waals surface area contributed by atoms with Crippen LogP contribution in [0.15, 0.2) is 18.2 Å². The lowest BCUT2D eigenvalue weighted by Gasteiger charge is -2.08. The quantitative estimate of drug-likeness (QED) is 0.617. The molecular formula is C11H11Cl2FO2. The number of rotatable bonds is 4. The van der Waals surface area contributed by atoms with Gasteiger partial charge in [0.15, 0.2) is 0 Å². The molecular weight excluding hydrogens is 254 g/mol. The molecule has 16 heavy (non-hydrogen) atoms. The van der Waals surface area contributed by atoms with Gasteiger partial charge in [-0.1, -0.05) is 17.7 Å². The number of esters is 1. The first-order valence-corrected chi connectivity index (χ1v) is 5.60. The Morgan fingerprint density at radius 2 is 2.25 bits per heavy atom. The summed E-state index contributed by atoms with van der Waals surface area (Å²) in [7, 11) is 0. The minimum Gasteiger partial charge on any atom is -0.465 e. The lowest BCUT2D eigenvalue weighted by atomic mass is 10.1. The Balaban J connectivity index is 2.66. The van der Waals surface area contributed by atoms with E-state index in [1.54, 1.807) is 6.92 Å². The molecule has 0 aliphatic rings. The maximum atomic E-state index is 12.9. The molecule has 88 valence electrons. The van der Waals surface area contributed by atoms with Crippen LogP contribution in [0.2, 0.25) is 5.02 Å². The summed E-state index contributed by atoms with van der Waals surface area (Å²) < 4.78 is 17.6. The van der Waals surface area contributed by atoms with Crippen LogP contribution in [0.1, 0.15) is 12.5 Å². The molecule has 0 heterocycles. The van der Waals surface area contributed by atoms with Crippen LogP contribution in [-0.4, -0.2) is 18.0 Å². The fourth-order valence-electron chi connectivity index (χ4n) is 1.19. The lowest BCUT2D eigenvalue weighted by Crippen LogP contribution is -2.20. The van der Waals surface area contributed by atoms with Crippen molar-refractivity contribution in [3.8, 4) is 0 Å². The first kappa shape index (κ1) is 13.3. The van der Waals surface area contributed by atoms with Gasteiger partial charge in [-0.3, -0.25) is 4.79 Å². The smallest absolute Gasteiger partial charge is 0.324 e. The van der Waals surface area contributed by atoms with Gasteiger partial charge < -0.3 is 4.74 Å². The van der Waals surface area contributed by atoms with Gasteiger partial charge in [-0.15, -0.1) is 11.6 Å². The van der Waals surface area contributed by atoms with Crippen LogP contribution in [0, 0.1) is 5.82 Å². The van der Waals surface area contributed by atoms with E-state index in [-0.39, 0.29) is 18.1 Å². The number of carbonyl (C=O) groups is 1. The maximum Gasteiger partial charge on any atom is 0.324 e. The third-order valence-corrected chi connectivity index (χ3v) is 2.56. The second-order valence-corrected chi connectivity index (χ2v) is 4.11. The van der Waals surface area contributed by atoms with Gasteiger partial charge in [0, 0.05) is 0 Å². The molecule has 1 aromatic rings. The fraction of sp³-hybridized carbons (Fsp3) is 0.364. The summed E-state index contributed by atoms with van der Waals surface area (Å²) in [6, 6.07) is 4.23. The second-order valence-electron chi connectivity index (χ2n) is 3.17. The van der Waals surface area contributed by atoms with E-state index in [1.807, 2.05) is 0 Å². The van der Waals surface area contributed by atoms with Gasteiger partial charge in [0.05, 0.1) is 11.6 Å². The Kier molecular flexibility index (Phi) is 5.03. The van der Waals surface area contributed by atoms with Crippen LogP contribution in [-0.2, 0) is 16.0 Å². The average molecular weight is 265 g/mol. The van der Waals surface area contributed by atoms with Gasteiger partial charge in [-0.25, -0.2) is 4.39 Å². The van der Waals surface area contributed by atoms with Crippen LogP contribution >= 0.6 is 23.2 Å². The molecule has 0 fully saturated rings. The summed E-state index contributed by atoms with van der Waals surface area (Å²) in [5.41, 5.74) is 0.694. The van der Waals surface area contributed by atoms with E-state index >= 15 is 0 Å². The molecule has 5 heteroatoms. The molecule has 1 unspecified atom stereocenters. The van der Waals surface area contributed by atoms with Crippen LogP contribution in [0.3, 0.4) is 0 Å². The molecule has 0 bridgehead atoms. The zero-order chi connectivity index (χ0) is 12.1. The fourth-order valence-corrected chi connectivity index (χ4v) is 1.63. The lowest BCUT2D eigenvalue weighted by molar-refractivity contribution is -0.142. The molecule has 1 aromatic carbocycles. The van der Waals surface area contributed by atoms with Gasteiger partial charge in [-0.2, -0.15) is 0 Å². The molecule has 0 spiro atoms. The number of hydrogen-bond acceptors (Lipinski definition) is 2. The summed E-state index contributed by atoms with van der Waals surface area (Å²) >= 11 is 11.4. The SMILES string of the molecule is CCOC(=O)C(Cl)Cc1ccc(F)c(Cl)c1. The largest absolute Gasteiger partial charge is 0.465 e. The molecule has 0 radical (unpaired) electrons. The van der Waals surface area contributed by atoms with Crippen LogP contribution in [0.25, 0.3) is 0 Å². The molecule has 0 aromatic heterocycles. The highest BCUT2D eigenvalue weighted by Crippen LogP contribution is 2.18. The minimum absolute atomic E-state index is 0.0187. The zero-order valence-corrected chi connectivity index (χ0v) is 10.2. The molecule has 0 amide bonds. The van der Waals surface area contributed by atoms with Crippen molar-refractivity contribution in [3.05, 3.63) is 34.6 Å². The molecule has 0 saturated carbocycles. The number of hydrogen-bond donors (Lipinski definition) is 0. The van der Waals surface area contributed by atoms with Crippen LogP contribution in [0.4, 0.5) is 4.39 Å². The first-order valence-electron chi connectivity index (χ1n) is 4.79. The van der Waals surface area contributed by atoms with Crippen molar-refractivity contribution in [1.29, 1.82) is 0 Å². The van der Waals surface area contributed by atoms with Crippen LogP contribution in [0.5, 0.6) is 0 Å². The van der Waals surface area contributed by atoms with E-state index in [1.165, 1.54) is 18.2 Å². The van der Waals surface area contributed by atoms with Gasteiger partial charge in [0.1, 0.15) is 11.2 Å². The van der Waals surface area contributed by atoms with Crippen molar-refractivity contribution in [2.24, 2.45) is 0 Å². The van der Waals surface area contributed by atoms with Crippen molar-refractivity contribution in [2.45, 2.75) is 18.7 Å². The average Bonchev–Trinajstić information content (AvgIpc) is 2.24. The van der Waals surface area contributed by atoms with Crippen molar-refractivity contribution in [3.63, 3.8) is 0 Å². The summed E-state index contributed by atoms with van der Waals surface area (Å²) in [4.78, 5) is 11.2. The number of carbonyl (C=O) groups excluding carboxylic acids is 1. The summed E-state index contributed by atoms with van der Waals surface area (Å²) in [5.74, 6) is -0.975. The third-order valence-electron chi connectivity index (χ3n) is 1.94. The predicted molar refractivity (Wildman–Crippen MR) is 61.4 cm³/mol. The van der Waals surface area contributed by atoms with E-state index in [0.717, 1.165) is 0 Å². The Bertz CT molecular complexity index is 382. The van der Waals surface area contributed by atoms with E-state index in [9.17, 15) is 9.18 Å². The second kappa shape index (κ2) is 6.06. The standard InChI is InChI=1S/C11H11Cl2FO2/c1-2-16-11(15)9(13)6-7-3-4-10(14)8(12)5-7/h3-5,9H,2,6H2,1H3. The van der Waals surface area contributed by atoms with Gasteiger partial charge in [0.2, 0.25) is 0 Å². The monoisotopic (exact) mass is 264 g/mol. The highest BCUT2D eigenvalue weighted by molar-refractivity contribution is 6.31. The highest BCUT2D eigenvalue weighted by atomic mass is 35.5. The van der Waals surface area contributed by atoms with Crippen LogP contribution < -0.4 is 0 Å². The molecule has 2 nitrogen and oxygen atoms in total. The molecule has 0 N–H and O–H groups in total. The summed E-state index contributed by atoms with van der Waals surface area (Å²) in [6.07, 6.45) is 0.264. The summed E-state index contributed by atoms with van der Waals surface area (Å²) in [6.45, 7) is 1.99. The van der Waals surface area contributed by atoms with Gasteiger partial charge >= 0.3 is 5.97 Å². The van der Waals surface area contributed by atoms with Gasteiger partial charge in [-0.05, 0) is 31.0 Å². The number of alkyl halides is 1. The normalized spacial score (nSPS) is 12.2. The first-order chi connectivity index (χ1) is 7.54. The van der Waals surface area contributed by atoms with E-state index < -0.39 is 17.2 Å². The topological polar surface area (TPSA) is 26.3 Å². The number of benzene rings is 1. The Morgan fingerprint density at radius 3 is 2.81 bits per heavy atom. The summed E-state index contributed by atoms with van der Waals surface area (Å²) in [5, 5.41) is -0.758.